The molecule has 0 aliphatic heterocycles. The second-order valence-electron chi connectivity index (χ2n) is 2.63. The van der Waals surface area contributed by atoms with E-state index in [9.17, 15) is 9.59 Å². The van der Waals surface area contributed by atoms with Crippen molar-refractivity contribution in [2.75, 3.05) is 6.61 Å². The molecule has 0 aliphatic carbocycles. The molecule has 0 unspecified atom stereocenters. The SMILES string of the molecule is C=CC(=O)OOCCCCCC(=O)O. The molecule has 0 aromatic rings. The van der Waals surface area contributed by atoms with Crippen LogP contribution in [0.3, 0.4) is 0 Å². The summed E-state index contributed by atoms with van der Waals surface area (Å²) in [6.45, 7) is 3.47. The van der Waals surface area contributed by atoms with Gasteiger partial charge >= 0.3 is 11.9 Å². The lowest BCUT2D eigenvalue weighted by Crippen LogP contribution is -2.03. The monoisotopic (exact) mass is 202 g/mol. The normalized spacial score (nSPS) is 9.43. The van der Waals surface area contributed by atoms with Crippen LogP contribution in [-0.2, 0) is 19.4 Å². The molecule has 0 aliphatic rings. The molecule has 0 bridgehead atoms. The lowest BCUT2D eigenvalue weighted by Gasteiger charge is -2.00. The molecule has 0 saturated heterocycles. The number of carbonyl (C=O) groups is 2. The van der Waals surface area contributed by atoms with E-state index in [-0.39, 0.29) is 13.0 Å². The van der Waals surface area contributed by atoms with Gasteiger partial charge in [0.15, 0.2) is 0 Å². The summed E-state index contributed by atoms with van der Waals surface area (Å²) in [6.07, 6.45) is 3.17. The van der Waals surface area contributed by atoms with E-state index >= 15 is 0 Å². The van der Waals surface area contributed by atoms with E-state index in [0.717, 1.165) is 12.5 Å². The van der Waals surface area contributed by atoms with Gasteiger partial charge in [0.05, 0.1) is 6.61 Å². The summed E-state index contributed by atoms with van der Waals surface area (Å²) in [5.41, 5.74) is 0. The average Bonchev–Trinajstić information content (AvgIpc) is 2.15. The number of carbonyl (C=O) groups excluding carboxylic acids is 1. The Morgan fingerprint density at radius 2 is 2.00 bits per heavy atom. The van der Waals surface area contributed by atoms with E-state index in [2.05, 4.69) is 16.4 Å². The topological polar surface area (TPSA) is 72.8 Å². The maximum absolute atomic E-state index is 10.4. The Kier molecular flexibility index (Phi) is 7.45. The predicted molar refractivity (Wildman–Crippen MR) is 48.3 cm³/mol. The first kappa shape index (κ1) is 12.6. The van der Waals surface area contributed by atoms with E-state index in [1.165, 1.54) is 0 Å². The average molecular weight is 202 g/mol. The largest absolute Gasteiger partial charge is 0.481 e. The fraction of sp³-hybridized carbons (Fsp3) is 0.556. The van der Waals surface area contributed by atoms with Crippen molar-refractivity contribution in [1.29, 1.82) is 0 Å². The van der Waals surface area contributed by atoms with Gasteiger partial charge in [-0.1, -0.05) is 13.0 Å². The lowest BCUT2D eigenvalue weighted by molar-refractivity contribution is -0.267. The number of aliphatic carboxylic acids is 1. The summed E-state index contributed by atoms with van der Waals surface area (Å²) >= 11 is 0. The van der Waals surface area contributed by atoms with Crippen molar-refractivity contribution in [3.63, 3.8) is 0 Å². The molecular weight excluding hydrogens is 188 g/mol. The maximum Gasteiger partial charge on any atom is 0.365 e. The first-order valence-corrected chi connectivity index (χ1v) is 4.34. The molecule has 0 saturated carbocycles. The van der Waals surface area contributed by atoms with Crippen molar-refractivity contribution in [3.05, 3.63) is 12.7 Å². The van der Waals surface area contributed by atoms with E-state index < -0.39 is 11.9 Å². The van der Waals surface area contributed by atoms with Crippen LogP contribution in [0, 0.1) is 0 Å². The van der Waals surface area contributed by atoms with Gasteiger partial charge in [-0.2, -0.15) is 4.89 Å². The molecule has 0 fully saturated rings. The summed E-state index contributed by atoms with van der Waals surface area (Å²) in [5, 5.41) is 8.31. The van der Waals surface area contributed by atoms with Crippen LogP contribution in [0.2, 0.25) is 0 Å². The molecule has 80 valence electrons. The first-order chi connectivity index (χ1) is 6.66. The minimum Gasteiger partial charge on any atom is -0.481 e. The molecule has 0 rings (SSSR count). The summed E-state index contributed by atoms with van der Waals surface area (Å²) in [5.74, 6) is -1.43. The van der Waals surface area contributed by atoms with Gasteiger partial charge in [-0.25, -0.2) is 4.79 Å². The van der Waals surface area contributed by atoms with Gasteiger partial charge in [-0.3, -0.25) is 9.68 Å². The standard InChI is InChI=1S/C9H14O5/c1-2-9(12)14-13-7-5-3-4-6-8(10)11/h2H,1,3-7H2,(H,10,11). The molecule has 0 spiro atoms. The Labute approximate surface area is 82.2 Å². The van der Waals surface area contributed by atoms with Crippen LogP contribution in [0.4, 0.5) is 0 Å². The van der Waals surface area contributed by atoms with Crippen molar-refractivity contribution in [1.82, 2.24) is 0 Å². The van der Waals surface area contributed by atoms with Crippen molar-refractivity contribution in [2.45, 2.75) is 25.7 Å². The Bertz CT molecular complexity index is 199. The van der Waals surface area contributed by atoms with Crippen LogP contribution < -0.4 is 0 Å². The van der Waals surface area contributed by atoms with E-state index in [4.69, 9.17) is 5.11 Å². The summed E-state index contributed by atoms with van der Waals surface area (Å²) in [7, 11) is 0. The van der Waals surface area contributed by atoms with Gasteiger partial charge in [0.25, 0.3) is 0 Å². The highest BCUT2D eigenvalue weighted by molar-refractivity contribution is 5.80. The molecule has 0 aromatic carbocycles. The van der Waals surface area contributed by atoms with Gasteiger partial charge in [-0.05, 0) is 12.8 Å². The third-order valence-electron chi connectivity index (χ3n) is 1.43. The Morgan fingerprint density at radius 3 is 2.57 bits per heavy atom. The zero-order chi connectivity index (χ0) is 10.8. The fourth-order valence-electron chi connectivity index (χ4n) is 0.748. The number of hydrogen-bond donors (Lipinski definition) is 1. The molecule has 14 heavy (non-hydrogen) atoms. The molecule has 5 nitrogen and oxygen atoms in total. The number of carboxylic acid groups (broad SMARTS) is 1. The van der Waals surface area contributed by atoms with Crippen molar-refractivity contribution < 1.29 is 24.5 Å². The van der Waals surface area contributed by atoms with E-state index in [1.807, 2.05) is 0 Å². The van der Waals surface area contributed by atoms with Gasteiger partial charge < -0.3 is 5.11 Å². The highest BCUT2D eigenvalue weighted by atomic mass is 17.2. The van der Waals surface area contributed by atoms with Crippen LogP contribution in [-0.4, -0.2) is 23.7 Å². The van der Waals surface area contributed by atoms with Crippen LogP contribution in [0.25, 0.3) is 0 Å². The second-order valence-corrected chi connectivity index (χ2v) is 2.63. The molecule has 0 amide bonds. The molecule has 1 N–H and O–H groups in total. The second kappa shape index (κ2) is 8.25. The molecule has 0 heterocycles. The molecule has 5 heteroatoms. The molecule has 0 radical (unpaired) electrons. The van der Waals surface area contributed by atoms with Gasteiger partial charge in [0.1, 0.15) is 0 Å². The van der Waals surface area contributed by atoms with Gasteiger partial charge in [-0.15, -0.1) is 0 Å². The lowest BCUT2D eigenvalue weighted by atomic mass is 10.2. The third kappa shape index (κ3) is 8.73. The van der Waals surface area contributed by atoms with E-state index in [1.54, 1.807) is 0 Å². The van der Waals surface area contributed by atoms with Crippen LogP contribution in [0.5, 0.6) is 0 Å². The van der Waals surface area contributed by atoms with Gasteiger partial charge in [0, 0.05) is 12.5 Å². The summed E-state index contributed by atoms with van der Waals surface area (Å²) in [6, 6.07) is 0. The molecule has 0 atom stereocenters. The third-order valence-corrected chi connectivity index (χ3v) is 1.43. The van der Waals surface area contributed by atoms with E-state index in [0.29, 0.717) is 12.8 Å². The summed E-state index contributed by atoms with van der Waals surface area (Å²) in [4.78, 5) is 29.3. The molecule has 0 aromatic heterocycles. The van der Waals surface area contributed by atoms with Crippen molar-refractivity contribution in [2.24, 2.45) is 0 Å². The van der Waals surface area contributed by atoms with Crippen molar-refractivity contribution >= 4 is 11.9 Å². The highest BCUT2D eigenvalue weighted by Gasteiger charge is 1.98. The minimum atomic E-state index is -0.802. The van der Waals surface area contributed by atoms with Gasteiger partial charge in [0.2, 0.25) is 0 Å². The number of carboxylic acids is 1. The fourth-order valence-corrected chi connectivity index (χ4v) is 0.748. The van der Waals surface area contributed by atoms with Crippen LogP contribution in [0.15, 0.2) is 12.7 Å². The smallest absolute Gasteiger partial charge is 0.365 e. The Hall–Kier alpha value is -1.36. The highest BCUT2D eigenvalue weighted by Crippen LogP contribution is 2.00. The zero-order valence-electron chi connectivity index (χ0n) is 7.90. The number of rotatable bonds is 8. The zero-order valence-corrected chi connectivity index (χ0v) is 7.90. The number of hydrogen-bond acceptors (Lipinski definition) is 4. The van der Waals surface area contributed by atoms with Crippen LogP contribution in [0.1, 0.15) is 25.7 Å². The predicted octanol–water partition coefficient (Wildman–Crippen LogP) is 1.29. The summed E-state index contributed by atoms with van der Waals surface area (Å²) < 4.78 is 0. The first-order valence-electron chi connectivity index (χ1n) is 4.34. The minimum absolute atomic E-state index is 0.159. The number of unbranched alkanes of at least 4 members (excludes halogenated alkanes) is 2. The maximum atomic E-state index is 10.4. The quantitative estimate of drug-likeness (QED) is 0.278. The molecular formula is C9H14O5. The van der Waals surface area contributed by atoms with Crippen LogP contribution >= 0.6 is 0 Å². The Morgan fingerprint density at radius 1 is 1.29 bits per heavy atom. The van der Waals surface area contributed by atoms with Crippen molar-refractivity contribution in [3.8, 4) is 0 Å². The Balaban J connectivity index is 3.10.